The molecule has 28 heavy (non-hydrogen) atoms. The third-order valence-electron chi connectivity index (χ3n) is 5.54. The van der Waals surface area contributed by atoms with Crippen molar-refractivity contribution in [2.75, 3.05) is 18.4 Å². The minimum absolute atomic E-state index is 0.0262. The van der Waals surface area contributed by atoms with Gasteiger partial charge in [-0.25, -0.2) is 4.98 Å². The highest BCUT2D eigenvalue weighted by atomic mass is 16.2. The maximum atomic E-state index is 12.5. The van der Waals surface area contributed by atoms with Crippen LogP contribution >= 0.6 is 0 Å². The highest BCUT2D eigenvalue weighted by Gasteiger charge is 2.35. The van der Waals surface area contributed by atoms with Crippen LogP contribution < -0.4 is 5.32 Å². The van der Waals surface area contributed by atoms with Crippen LogP contribution in [0, 0.1) is 11.8 Å². The van der Waals surface area contributed by atoms with E-state index in [9.17, 15) is 14.4 Å². The molecule has 2 heterocycles. The van der Waals surface area contributed by atoms with Crippen LogP contribution in [0.2, 0.25) is 0 Å². The molecule has 1 saturated carbocycles. The Balaban J connectivity index is 1.32. The summed E-state index contributed by atoms with van der Waals surface area (Å²) in [5, 5.41) is 2.93. The lowest BCUT2D eigenvalue weighted by Gasteiger charge is -2.31. The van der Waals surface area contributed by atoms with E-state index in [0.29, 0.717) is 43.0 Å². The topological polar surface area (TPSA) is 84.3 Å². The van der Waals surface area contributed by atoms with Gasteiger partial charge in [0.2, 0.25) is 17.6 Å². The summed E-state index contributed by atoms with van der Waals surface area (Å²) in [6.45, 7) is 1.31. The van der Waals surface area contributed by atoms with Crippen LogP contribution in [0.15, 0.2) is 36.7 Å². The van der Waals surface area contributed by atoms with Crippen molar-refractivity contribution in [1.29, 1.82) is 0 Å². The van der Waals surface area contributed by atoms with Crippen LogP contribution in [0.4, 0.5) is 5.69 Å². The van der Waals surface area contributed by atoms with Gasteiger partial charge in [0.25, 0.3) is 0 Å². The lowest BCUT2D eigenvalue weighted by atomic mass is 9.95. The van der Waals surface area contributed by atoms with Crippen molar-refractivity contribution in [3.05, 3.63) is 48.0 Å². The second-order valence-corrected chi connectivity index (χ2v) is 7.63. The SMILES string of the molecule is Cn1ccnc1C(=O)c1ccc(NC(=O)C2CCN(C(=O)C3CC3)CC2)cc1. The van der Waals surface area contributed by atoms with E-state index in [1.807, 2.05) is 4.90 Å². The van der Waals surface area contributed by atoms with Gasteiger partial charge in [-0.3, -0.25) is 14.4 Å². The summed E-state index contributed by atoms with van der Waals surface area (Å²) in [6.07, 6.45) is 6.73. The van der Waals surface area contributed by atoms with Crippen molar-refractivity contribution in [1.82, 2.24) is 14.5 Å². The number of carbonyl (C=O) groups is 3. The second-order valence-electron chi connectivity index (χ2n) is 7.63. The quantitative estimate of drug-likeness (QED) is 0.807. The zero-order chi connectivity index (χ0) is 19.7. The normalized spacial score (nSPS) is 17.4. The molecule has 2 amide bonds. The van der Waals surface area contributed by atoms with Gasteiger partial charge < -0.3 is 14.8 Å². The monoisotopic (exact) mass is 380 g/mol. The maximum absolute atomic E-state index is 12.5. The minimum atomic E-state index is -0.155. The van der Waals surface area contributed by atoms with Gasteiger partial charge in [-0.2, -0.15) is 0 Å². The van der Waals surface area contributed by atoms with Gasteiger partial charge in [-0.1, -0.05) is 0 Å². The molecule has 7 nitrogen and oxygen atoms in total. The van der Waals surface area contributed by atoms with E-state index >= 15 is 0 Å². The molecule has 2 aliphatic rings. The zero-order valence-corrected chi connectivity index (χ0v) is 15.9. The summed E-state index contributed by atoms with van der Waals surface area (Å²) in [4.78, 5) is 43.1. The number of hydrogen-bond donors (Lipinski definition) is 1. The Morgan fingerprint density at radius 3 is 2.25 bits per heavy atom. The van der Waals surface area contributed by atoms with Crippen LogP contribution in [-0.2, 0) is 16.6 Å². The van der Waals surface area contributed by atoms with Gasteiger partial charge in [0.15, 0.2) is 5.82 Å². The summed E-state index contributed by atoms with van der Waals surface area (Å²) in [6, 6.07) is 6.87. The van der Waals surface area contributed by atoms with Crippen molar-refractivity contribution < 1.29 is 14.4 Å². The Kier molecular flexibility index (Phi) is 4.98. The van der Waals surface area contributed by atoms with Crippen molar-refractivity contribution in [3.8, 4) is 0 Å². The second kappa shape index (κ2) is 7.58. The summed E-state index contributed by atoms with van der Waals surface area (Å²) in [5.41, 5.74) is 1.19. The molecule has 1 aliphatic carbocycles. The number of likely N-dealkylation sites (tertiary alicyclic amines) is 1. The molecule has 1 aliphatic heterocycles. The van der Waals surface area contributed by atoms with Crippen molar-refractivity contribution in [2.45, 2.75) is 25.7 Å². The smallest absolute Gasteiger partial charge is 0.228 e. The van der Waals surface area contributed by atoms with Gasteiger partial charge >= 0.3 is 0 Å². The van der Waals surface area contributed by atoms with Crippen molar-refractivity contribution >= 4 is 23.3 Å². The average molecular weight is 380 g/mol. The first kappa shape index (κ1) is 18.4. The van der Waals surface area contributed by atoms with Crippen LogP contribution in [-0.4, -0.2) is 45.1 Å². The Labute approximate surface area is 163 Å². The van der Waals surface area contributed by atoms with Crippen molar-refractivity contribution in [2.24, 2.45) is 18.9 Å². The fourth-order valence-corrected chi connectivity index (χ4v) is 3.61. The number of nitrogens with zero attached hydrogens (tertiary/aromatic N) is 3. The molecule has 2 aromatic rings. The molecule has 0 unspecified atom stereocenters. The van der Waals surface area contributed by atoms with Crippen LogP contribution in [0.3, 0.4) is 0 Å². The number of carbonyl (C=O) groups excluding carboxylic acids is 3. The van der Waals surface area contributed by atoms with E-state index in [-0.39, 0.29) is 29.4 Å². The number of aromatic nitrogens is 2. The molecule has 1 N–H and O–H groups in total. The molecule has 0 radical (unpaired) electrons. The molecular weight excluding hydrogens is 356 g/mol. The molecular formula is C21H24N4O3. The lowest BCUT2D eigenvalue weighted by Crippen LogP contribution is -2.42. The highest BCUT2D eigenvalue weighted by molar-refractivity contribution is 6.07. The van der Waals surface area contributed by atoms with E-state index in [1.54, 1.807) is 48.3 Å². The standard InChI is InChI=1S/C21H24N4O3/c1-24-13-10-22-19(24)18(26)14-4-6-17(7-5-14)23-20(27)15-8-11-25(12-9-15)21(28)16-2-3-16/h4-7,10,13,15-16H,2-3,8-9,11-12H2,1H3,(H,23,27). The first-order valence-electron chi connectivity index (χ1n) is 9.74. The lowest BCUT2D eigenvalue weighted by molar-refractivity contribution is -0.135. The molecule has 0 bridgehead atoms. The summed E-state index contributed by atoms with van der Waals surface area (Å²) < 4.78 is 1.68. The largest absolute Gasteiger partial charge is 0.342 e. The van der Waals surface area contributed by atoms with Gasteiger partial charge in [-0.05, 0) is 49.9 Å². The molecule has 1 aromatic heterocycles. The number of amides is 2. The predicted molar refractivity (Wildman–Crippen MR) is 104 cm³/mol. The van der Waals surface area contributed by atoms with Gasteiger partial charge in [0, 0.05) is 55.6 Å². The minimum Gasteiger partial charge on any atom is -0.342 e. The molecule has 0 atom stereocenters. The number of imidazole rings is 1. The van der Waals surface area contributed by atoms with E-state index < -0.39 is 0 Å². The van der Waals surface area contributed by atoms with Crippen molar-refractivity contribution in [3.63, 3.8) is 0 Å². The van der Waals surface area contributed by atoms with Gasteiger partial charge in [0.1, 0.15) is 0 Å². The number of benzene rings is 1. The van der Waals surface area contributed by atoms with E-state index in [1.165, 1.54) is 0 Å². The Hall–Kier alpha value is -2.96. The molecule has 1 aromatic carbocycles. The maximum Gasteiger partial charge on any atom is 0.228 e. The summed E-state index contributed by atoms with van der Waals surface area (Å²) in [7, 11) is 1.78. The van der Waals surface area contributed by atoms with E-state index in [4.69, 9.17) is 0 Å². The summed E-state index contributed by atoms with van der Waals surface area (Å²) in [5.74, 6) is 0.602. The number of piperidine rings is 1. The zero-order valence-electron chi connectivity index (χ0n) is 15.9. The predicted octanol–water partition coefficient (Wildman–Crippen LogP) is 2.24. The molecule has 4 rings (SSSR count). The Morgan fingerprint density at radius 1 is 1.00 bits per heavy atom. The number of anilines is 1. The van der Waals surface area contributed by atoms with Crippen LogP contribution in [0.1, 0.15) is 41.9 Å². The van der Waals surface area contributed by atoms with Crippen LogP contribution in [0.5, 0.6) is 0 Å². The molecule has 146 valence electrons. The van der Waals surface area contributed by atoms with E-state index in [2.05, 4.69) is 10.3 Å². The number of nitrogens with one attached hydrogen (secondary N) is 1. The number of hydrogen-bond acceptors (Lipinski definition) is 4. The fraction of sp³-hybridized carbons (Fsp3) is 0.429. The highest BCUT2D eigenvalue weighted by Crippen LogP contribution is 2.32. The molecule has 0 spiro atoms. The summed E-state index contributed by atoms with van der Waals surface area (Å²) >= 11 is 0. The average Bonchev–Trinajstić information content (AvgIpc) is 3.48. The first-order chi connectivity index (χ1) is 13.5. The van der Waals surface area contributed by atoms with E-state index in [0.717, 1.165) is 12.8 Å². The molecule has 1 saturated heterocycles. The number of ketones is 1. The van der Waals surface area contributed by atoms with Crippen LogP contribution in [0.25, 0.3) is 0 Å². The molecule has 2 fully saturated rings. The Morgan fingerprint density at radius 2 is 1.68 bits per heavy atom. The van der Waals surface area contributed by atoms with Gasteiger partial charge in [0.05, 0.1) is 0 Å². The number of rotatable bonds is 5. The first-order valence-corrected chi connectivity index (χ1v) is 9.74. The third-order valence-corrected chi connectivity index (χ3v) is 5.54. The third kappa shape index (κ3) is 3.83. The Bertz CT molecular complexity index is 891. The molecule has 7 heteroatoms. The fourth-order valence-electron chi connectivity index (χ4n) is 3.61. The van der Waals surface area contributed by atoms with Gasteiger partial charge in [-0.15, -0.1) is 0 Å². The number of aryl methyl sites for hydroxylation is 1.